The van der Waals surface area contributed by atoms with Gasteiger partial charge in [0, 0.05) is 0 Å². The minimum absolute atomic E-state index is 0.0703. The fourth-order valence-corrected chi connectivity index (χ4v) is 2.57. The Kier molecular flexibility index (Phi) is 2.82. The van der Waals surface area contributed by atoms with Gasteiger partial charge in [-0.1, -0.05) is 37.4 Å². The fraction of sp³-hybridized carbons (Fsp3) is 0.727. The van der Waals surface area contributed by atoms with Crippen molar-refractivity contribution < 1.29 is 9.53 Å². The molecule has 78 valence electrons. The Morgan fingerprint density at radius 2 is 2.43 bits per heavy atom. The lowest BCUT2D eigenvalue weighted by Crippen LogP contribution is -2.41. The van der Waals surface area contributed by atoms with E-state index >= 15 is 0 Å². The highest BCUT2D eigenvalue weighted by atomic mass is 35.5. The van der Waals surface area contributed by atoms with Crippen molar-refractivity contribution in [1.82, 2.24) is 0 Å². The van der Waals surface area contributed by atoms with Gasteiger partial charge in [0.05, 0.1) is 11.0 Å². The van der Waals surface area contributed by atoms with E-state index in [-0.39, 0.29) is 18.0 Å². The number of fused-ring (bicyclic) bond motifs is 2. The molecule has 3 rings (SSSR count). The summed E-state index contributed by atoms with van der Waals surface area (Å²) in [4.78, 5) is 11.4. The van der Waals surface area contributed by atoms with Crippen LogP contribution in [0.4, 0.5) is 0 Å². The monoisotopic (exact) mass is 214 g/mol. The number of hydrogen-bond acceptors (Lipinski definition) is 2. The highest BCUT2D eigenvalue weighted by Gasteiger charge is 2.42. The normalized spacial score (nSPS) is 35.4. The molecule has 0 radical (unpaired) electrons. The topological polar surface area (TPSA) is 26.3 Å². The maximum Gasteiger partial charge on any atom is 0.313 e. The van der Waals surface area contributed by atoms with Crippen LogP contribution in [-0.2, 0) is 9.53 Å². The first-order valence-corrected chi connectivity index (χ1v) is 5.68. The smallest absolute Gasteiger partial charge is 0.313 e. The van der Waals surface area contributed by atoms with E-state index in [0.717, 1.165) is 17.9 Å². The van der Waals surface area contributed by atoms with Crippen LogP contribution >= 0.6 is 11.6 Å². The Morgan fingerprint density at radius 3 is 3.07 bits per heavy atom. The molecule has 1 fully saturated rings. The molecule has 3 heteroatoms. The third-order valence-corrected chi connectivity index (χ3v) is 3.50. The average Bonchev–Trinajstić information content (AvgIpc) is 2.17. The molecule has 0 amide bonds. The van der Waals surface area contributed by atoms with Crippen LogP contribution in [0.3, 0.4) is 0 Å². The van der Waals surface area contributed by atoms with E-state index in [9.17, 15) is 4.79 Å². The van der Waals surface area contributed by atoms with Crippen LogP contribution in [0.5, 0.6) is 0 Å². The second-order valence-corrected chi connectivity index (χ2v) is 4.58. The standard InChI is InChI=1S/C11H15ClO2/c1-2-3-4-7-5-10-9(12)6-8(7)11(13)14-10/h6-8,10H,2-5H2,1H3/t7-,8+,10+/m1/s1. The van der Waals surface area contributed by atoms with E-state index in [2.05, 4.69) is 6.92 Å². The number of ether oxygens (including phenoxy) is 1. The summed E-state index contributed by atoms with van der Waals surface area (Å²) in [6.07, 6.45) is 6.16. The van der Waals surface area contributed by atoms with Crippen LogP contribution in [0.15, 0.2) is 11.1 Å². The highest BCUT2D eigenvalue weighted by Crippen LogP contribution is 2.41. The second-order valence-electron chi connectivity index (χ2n) is 4.14. The summed E-state index contributed by atoms with van der Waals surface area (Å²) in [5.74, 6) is 0.314. The quantitative estimate of drug-likeness (QED) is 0.676. The molecule has 0 aromatic carbocycles. The first-order valence-electron chi connectivity index (χ1n) is 5.30. The summed E-state index contributed by atoms with van der Waals surface area (Å²) < 4.78 is 5.17. The molecule has 0 spiro atoms. The van der Waals surface area contributed by atoms with Crippen molar-refractivity contribution in [2.75, 3.05) is 0 Å². The van der Waals surface area contributed by atoms with Gasteiger partial charge in [0.1, 0.15) is 6.10 Å². The fourth-order valence-electron chi connectivity index (χ4n) is 2.30. The van der Waals surface area contributed by atoms with E-state index < -0.39 is 0 Å². The van der Waals surface area contributed by atoms with Crippen molar-refractivity contribution >= 4 is 17.6 Å². The van der Waals surface area contributed by atoms with Crippen molar-refractivity contribution in [2.45, 2.75) is 38.7 Å². The first-order chi connectivity index (χ1) is 6.72. The Morgan fingerprint density at radius 1 is 1.64 bits per heavy atom. The first kappa shape index (κ1) is 10.0. The van der Waals surface area contributed by atoms with Gasteiger partial charge in [-0.3, -0.25) is 4.79 Å². The zero-order chi connectivity index (χ0) is 10.1. The highest BCUT2D eigenvalue weighted by molar-refractivity contribution is 6.30. The predicted molar refractivity (Wildman–Crippen MR) is 54.9 cm³/mol. The summed E-state index contributed by atoms with van der Waals surface area (Å²) in [6, 6.07) is 0. The van der Waals surface area contributed by atoms with Gasteiger partial charge in [-0.15, -0.1) is 0 Å². The zero-order valence-electron chi connectivity index (χ0n) is 8.33. The van der Waals surface area contributed by atoms with Crippen LogP contribution < -0.4 is 0 Å². The molecule has 3 atom stereocenters. The summed E-state index contributed by atoms with van der Waals surface area (Å²) in [5.41, 5.74) is 0. The van der Waals surface area contributed by atoms with Gasteiger partial charge in [-0.2, -0.15) is 0 Å². The van der Waals surface area contributed by atoms with Gasteiger partial charge in [-0.05, 0) is 18.8 Å². The van der Waals surface area contributed by atoms with Gasteiger partial charge in [0.25, 0.3) is 0 Å². The molecule has 2 bridgehead atoms. The van der Waals surface area contributed by atoms with Gasteiger partial charge in [0.2, 0.25) is 0 Å². The molecule has 0 aromatic heterocycles. The molecule has 3 aliphatic rings. The Bertz CT molecular complexity index is 272. The molecule has 0 N–H and O–H groups in total. The maximum atomic E-state index is 11.4. The van der Waals surface area contributed by atoms with Crippen LogP contribution in [0.25, 0.3) is 0 Å². The summed E-state index contributed by atoms with van der Waals surface area (Å²) >= 11 is 5.96. The van der Waals surface area contributed by atoms with Crippen molar-refractivity contribution in [2.24, 2.45) is 11.8 Å². The predicted octanol–water partition coefficient (Wildman–Crippen LogP) is 2.86. The summed E-state index contributed by atoms with van der Waals surface area (Å²) in [7, 11) is 0. The van der Waals surface area contributed by atoms with Gasteiger partial charge >= 0.3 is 5.97 Å². The van der Waals surface area contributed by atoms with Crippen LogP contribution in [0.2, 0.25) is 0 Å². The van der Waals surface area contributed by atoms with E-state index in [1.807, 2.05) is 6.08 Å². The lowest BCUT2D eigenvalue weighted by Gasteiger charge is -2.38. The summed E-state index contributed by atoms with van der Waals surface area (Å²) in [5, 5.41) is 0.724. The second kappa shape index (κ2) is 3.93. The lowest BCUT2D eigenvalue weighted by molar-refractivity contribution is -0.161. The van der Waals surface area contributed by atoms with E-state index in [1.165, 1.54) is 12.8 Å². The Hall–Kier alpha value is -0.500. The number of unbranched alkanes of at least 4 members (excludes halogenated alkanes) is 1. The SMILES string of the molecule is CCCC[C@@H]1C[C@@H]2OC(=O)[C@H]1C=C2Cl. The summed E-state index contributed by atoms with van der Waals surface area (Å²) in [6.45, 7) is 2.17. The zero-order valence-corrected chi connectivity index (χ0v) is 9.09. The minimum atomic E-state index is -0.143. The minimum Gasteiger partial charge on any atom is -0.456 e. The third kappa shape index (κ3) is 1.68. The van der Waals surface area contributed by atoms with E-state index in [1.54, 1.807) is 0 Å². The van der Waals surface area contributed by atoms with Crippen LogP contribution in [0.1, 0.15) is 32.6 Å². The Balaban J connectivity index is 2.07. The number of esters is 1. The van der Waals surface area contributed by atoms with Crippen molar-refractivity contribution in [1.29, 1.82) is 0 Å². The molecule has 2 nitrogen and oxygen atoms in total. The molecule has 0 unspecified atom stereocenters. The largest absolute Gasteiger partial charge is 0.456 e. The van der Waals surface area contributed by atoms with Crippen LogP contribution in [0, 0.1) is 11.8 Å². The maximum absolute atomic E-state index is 11.4. The third-order valence-electron chi connectivity index (χ3n) is 3.13. The van der Waals surface area contributed by atoms with Gasteiger partial charge in [-0.25, -0.2) is 0 Å². The number of carbonyl (C=O) groups is 1. The number of halogens is 1. The molecule has 0 saturated carbocycles. The van der Waals surface area contributed by atoms with E-state index in [0.29, 0.717) is 5.92 Å². The molecular formula is C11H15ClO2. The number of carbonyl (C=O) groups excluding carboxylic acids is 1. The van der Waals surface area contributed by atoms with E-state index in [4.69, 9.17) is 16.3 Å². The van der Waals surface area contributed by atoms with Gasteiger partial charge in [0.15, 0.2) is 0 Å². The Labute approximate surface area is 89.3 Å². The number of rotatable bonds is 3. The molecule has 2 aliphatic heterocycles. The number of hydrogen-bond donors (Lipinski definition) is 0. The van der Waals surface area contributed by atoms with Gasteiger partial charge < -0.3 is 4.74 Å². The lowest BCUT2D eigenvalue weighted by atomic mass is 9.77. The van der Waals surface area contributed by atoms with Crippen LogP contribution in [-0.4, -0.2) is 12.1 Å². The molecular weight excluding hydrogens is 200 g/mol. The van der Waals surface area contributed by atoms with Crippen molar-refractivity contribution in [3.63, 3.8) is 0 Å². The van der Waals surface area contributed by atoms with Crippen molar-refractivity contribution in [3.8, 4) is 0 Å². The average molecular weight is 215 g/mol. The molecule has 14 heavy (non-hydrogen) atoms. The molecule has 1 saturated heterocycles. The molecule has 0 aromatic rings. The van der Waals surface area contributed by atoms with Crippen molar-refractivity contribution in [3.05, 3.63) is 11.1 Å². The molecule has 1 aliphatic carbocycles. The molecule has 2 heterocycles.